The van der Waals surface area contributed by atoms with E-state index in [0.29, 0.717) is 6.04 Å². The Hall–Kier alpha value is 1.28. The van der Waals surface area contributed by atoms with Crippen molar-refractivity contribution >= 4 is 0 Å². The molecule has 0 aliphatic carbocycles. The molecule has 0 unspecified atom stereocenters. The van der Waals surface area contributed by atoms with Crippen LogP contribution in [0.5, 0.6) is 0 Å². The van der Waals surface area contributed by atoms with Gasteiger partial charge < -0.3 is 5.32 Å². The molecule has 0 aromatic heterocycles. The van der Waals surface area contributed by atoms with Crippen molar-refractivity contribution in [2.24, 2.45) is 0 Å². The maximum Gasteiger partial charge on any atom is 0.00103 e. The SMILES string of the molecule is CCCCNC(C)C.[Gd]. The van der Waals surface area contributed by atoms with E-state index in [2.05, 4.69) is 26.1 Å². The van der Waals surface area contributed by atoms with Crippen molar-refractivity contribution < 1.29 is 39.9 Å². The van der Waals surface area contributed by atoms with Crippen molar-refractivity contribution in [1.29, 1.82) is 0 Å². The third-order valence-corrected chi connectivity index (χ3v) is 1.08. The van der Waals surface area contributed by atoms with Crippen molar-refractivity contribution in [1.82, 2.24) is 5.32 Å². The molecule has 0 rings (SSSR count). The topological polar surface area (TPSA) is 12.0 Å². The van der Waals surface area contributed by atoms with E-state index in [-0.39, 0.29) is 39.9 Å². The summed E-state index contributed by atoms with van der Waals surface area (Å²) in [5.41, 5.74) is 0. The van der Waals surface area contributed by atoms with Gasteiger partial charge in [-0.2, -0.15) is 0 Å². The van der Waals surface area contributed by atoms with Crippen LogP contribution >= 0.6 is 0 Å². The van der Waals surface area contributed by atoms with Gasteiger partial charge in [0.1, 0.15) is 0 Å². The Morgan fingerprint density at radius 3 is 2.22 bits per heavy atom. The summed E-state index contributed by atoms with van der Waals surface area (Å²) >= 11 is 0. The number of hydrogen-bond donors (Lipinski definition) is 1. The molecule has 0 heterocycles. The molecule has 9 heavy (non-hydrogen) atoms. The average Bonchev–Trinajstić information content (AvgIpc) is 1.66. The Labute approximate surface area is 90.7 Å². The van der Waals surface area contributed by atoms with Crippen LogP contribution in [-0.4, -0.2) is 12.6 Å². The molecule has 0 saturated heterocycles. The Morgan fingerprint density at radius 1 is 1.33 bits per heavy atom. The minimum Gasteiger partial charge on any atom is -0.315 e. The molecule has 0 radical (unpaired) electrons. The van der Waals surface area contributed by atoms with Gasteiger partial charge in [0.05, 0.1) is 0 Å². The first-order valence-corrected chi connectivity index (χ1v) is 3.50. The molecule has 0 aliphatic rings. The molecular weight excluding hydrogens is 255 g/mol. The minimum absolute atomic E-state index is 0. The molecule has 1 nitrogen and oxygen atoms in total. The van der Waals surface area contributed by atoms with Crippen LogP contribution in [0.15, 0.2) is 0 Å². The third-order valence-electron chi connectivity index (χ3n) is 1.08. The summed E-state index contributed by atoms with van der Waals surface area (Å²) in [6.45, 7) is 7.74. The van der Waals surface area contributed by atoms with Gasteiger partial charge in [0.15, 0.2) is 0 Å². The molecule has 0 bridgehead atoms. The fourth-order valence-electron chi connectivity index (χ4n) is 0.568. The zero-order chi connectivity index (χ0) is 6.41. The van der Waals surface area contributed by atoms with Crippen LogP contribution in [0.1, 0.15) is 33.6 Å². The van der Waals surface area contributed by atoms with Gasteiger partial charge in [-0.1, -0.05) is 27.2 Å². The van der Waals surface area contributed by atoms with Gasteiger partial charge in [-0.15, -0.1) is 0 Å². The van der Waals surface area contributed by atoms with Gasteiger partial charge in [-0.25, -0.2) is 0 Å². The molecule has 0 spiro atoms. The first kappa shape index (κ1) is 12.9. The summed E-state index contributed by atoms with van der Waals surface area (Å²) in [5.74, 6) is 0. The van der Waals surface area contributed by atoms with Gasteiger partial charge in [-0.05, 0) is 13.0 Å². The number of rotatable bonds is 4. The summed E-state index contributed by atoms with van der Waals surface area (Å²) in [6, 6.07) is 0.654. The fourth-order valence-corrected chi connectivity index (χ4v) is 0.568. The molecule has 2 heteroatoms. The molecular formula is C7H17GdN. The molecule has 0 aromatic rings. The van der Waals surface area contributed by atoms with Gasteiger partial charge in [-0.3, -0.25) is 0 Å². The predicted octanol–water partition coefficient (Wildman–Crippen LogP) is 1.78. The van der Waals surface area contributed by atoms with Crippen LogP contribution in [-0.2, 0) is 0 Å². The summed E-state index contributed by atoms with van der Waals surface area (Å²) in [7, 11) is 0. The van der Waals surface area contributed by atoms with E-state index >= 15 is 0 Å². The Bertz CT molecular complexity index is 46.2. The van der Waals surface area contributed by atoms with Gasteiger partial charge >= 0.3 is 0 Å². The molecule has 0 amide bonds. The van der Waals surface area contributed by atoms with Crippen LogP contribution < -0.4 is 5.32 Å². The summed E-state index contributed by atoms with van der Waals surface area (Å²) in [5, 5.41) is 3.35. The Kier molecular flexibility index (Phi) is 13.3. The largest absolute Gasteiger partial charge is 0.315 e. The zero-order valence-electron chi connectivity index (χ0n) is 6.55. The maximum absolute atomic E-state index is 3.35. The van der Waals surface area contributed by atoms with Crippen molar-refractivity contribution in [3.8, 4) is 0 Å². The summed E-state index contributed by atoms with van der Waals surface area (Å²) in [6.07, 6.45) is 2.60. The predicted molar refractivity (Wildman–Crippen MR) is 38.0 cm³/mol. The normalized spacial score (nSPS) is 9.33. The molecule has 0 aliphatic heterocycles. The van der Waals surface area contributed by atoms with E-state index in [4.69, 9.17) is 0 Å². The van der Waals surface area contributed by atoms with Crippen molar-refractivity contribution in [3.63, 3.8) is 0 Å². The van der Waals surface area contributed by atoms with Gasteiger partial charge in [0, 0.05) is 46.0 Å². The van der Waals surface area contributed by atoms with Crippen molar-refractivity contribution in [3.05, 3.63) is 0 Å². The van der Waals surface area contributed by atoms with E-state index in [1.165, 1.54) is 19.4 Å². The molecule has 1 N–H and O–H groups in total. The van der Waals surface area contributed by atoms with Crippen molar-refractivity contribution in [2.45, 2.75) is 39.7 Å². The van der Waals surface area contributed by atoms with Crippen LogP contribution in [0.4, 0.5) is 0 Å². The Morgan fingerprint density at radius 2 is 1.89 bits per heavy atom. The smallest absolute Gasteiger partial charge is 0.00103 e. The fraction of sp³-hybridized carbons (Fsp3) is 1.00. The summed E-state index contributed by atoms with van der Waals surface area (Å²) in [4.78, 5) is 0. The van der Waals surface area contributed by atoms with E-state index < -0.39 is 0 Å². The van der Waals surface area contributed by atoms with Gasteiger partial charge in [0.2, 0.25) is 0 Å². The van der Waals surface area contributed by atoms with E-state index in [0.717, 1.165) is 0 Å². The molecule has 0 atom stereocenters. The van der Waals surface area contributed by atoms with E-state index in [9.17, 15) is 0 Å². The Balaban J connectivity index is 0. The molecule has 58 valence electrons. The molecule has 0 fully saturated rings. The molecule has 0 aromatic carbocycles. The number of nitrogens with one attached hydrogen (secondary N) is 1. The van der Waals surface area contributed by atoms with Gasteiger partial charge in [0.25, 0.3) is 0 Å². The second kappa shape index (κ2) is 9.28. The second-order valence-corrected chi connectivity index (χ2v) is 2.46. The first-order valence-electron chi connectivity index (χ1n) is 3.50. The average molecular weight is 272 g/mol. The van der Waals surface area contributed by atoms with Crippen molar-refractivity contribution in [2.75, 3.05) is 6.54 Å². The quantitative estimate of drug-likeness (QED) is 0.769. The maximum atomic E-state index is 3.35. The monoisotopic (exact) mass is 273 g/mol. The van der Waals surface area contributed by atoms with Crippen LogP contribution in [0.3, 0.4) is 0 Å². The number of hydrogen-bond acceptors (Lipinski definition) is 1. The zero-order valence-corrected chi connectivity index (χ0v) is 8.82. The minimum atomic E-state index is 0. The van der Waals surface area contributed by atoms with E-state index in [1.807, 2.05) is 0 Å². The third kappa shape index (κ3) is 12.5. The van der Waals surface area contributed by atoms with Crippen LogP contribution in [0, 0.1) is 39.9 Å². The first-order chi connectivity index (χ1) is 3.77. The van der Waals surface area contributed by atoms with E-state index in [1.54, 1.807) is 0 Å². The molecule has 0 saturated carbocycles. The van der Waals surface area contributed by atoms with Crippen LogP contribution in [0.2, 0.25) is 0 Å². The summed E-state index contributed by atoms with van der Waals surface area (Å²) < 4.78 is 0. The number of unbranched alkanes of at least 4 members (excludes halogenated alkanes) is 1. The second-order valence-electron chi connectivity index (χ2n) is 2.46. The van der Waals surface area contributed by atoms with Crippen LogP contribution in [0.25, 0.3) is 0 Å². The standard InChI is InChI=1S/C7H17N.Gd/c1-4-5-6-8-7(2)3;/h7-8H,4-6H2,1-3H3;.